The molecule has 2 amide bonds. The van der Waals surface area contributed by atoms with Crippen molar-refractivity contribution in [1.82, 2.24) is 10.2 Å². The molecule has 3 atom stereocenters. The van der Waals surface area contributed by atoms with Gasteiger partial charge in [-0.25, -0.2) is 8.42 Å². The van der Waals surface area contributed by atoms with Gasteiger partial charge in [-0.1, -0.05) is 24.3 Å². The van der Waals surface area contributed by atoms with Crippen LogP contribution < -0.4 is 34.0 Å². The first-order valence-corrected chi connectivity index (χ1v) is 14.1. The largest absolute Gasteiger partial charge is 0.378 e. The van der Waals surface area contributed by atoms with Gasteiger partial charge in [0.05, 0.1) is 36.6 Å². The molecule has 1 aliphatic heterocycles. The number of amides is 2. The molecule has 1 aromatic rings. The topological polar surface area (TPSA) is 248 Å². The molecule has 1 aromatic carbocycles. The van der Waals surface area contributed by atoms with Gasteiger partial charge in [-0.05, 0) is 31.4 Å². The van der Waals surface area contributed by atoms with Crippen molar-refractivity contribution in [3.63, 3.8) is 0 Å². The van der Waals surface area contributed by atoms with Crippen LogP contribution in [0.2, 0.25) is 0 Å². The highest BCUT2D eigenvalue weighted by atomic mass is 32.2. The second-order valence-corrected chi connectivity index (χ2v) is 10.8. The lowest BCUT2D eigenvalue weighted by atomic mass is 9.97. The number of nitrogens with zero attached hydrogens (tertiary/aromatic N) is 3. The van der Waals surface area contributed by atoms with E-state index in [-0.39, 0.29) is 42.2 Å². The molecule has 0 radical (unpaired) electrons. The highest BCUT2D eigenvalue weighted by Gasteiger charge is 2.30. The highest BCUT2D eigenvalue weighted by molar-refractivity contribution is 7.94. The molecular weight excluding hydrogens is 526 g/mol. The number of carbonyl (C=O) groups is 2. The molecule has 0 saturated carbocycles. The van der Waals surface area contributed by atoms with Crippen LogP contribution in [0.4, 0.5) is 0 Å². The van der Waals surface area contributed by atoms with Gasteiger partial charge in [-0.2, -0.15) is 0 Å². The van der Waals surface area contributed by atoms with E-state index in [1.807, 2.05) is 0 Å². The normalized spacial score (nSPS) is 16.2. The lowest BCUT2D eigenvalue weighted by molar-refractivity contribution is -0.139. The molecule has 1 heterocycles. The van der Waals surface area contributed by atoms with Crippen LogP contribution in [0.15, 0.2) is 56.7 Å². The first-order valence-electron chi connectivity index (χ1n) is 12.5. The van der Waals surface area contributed by atoms with Crippen LogP contribution in [-0.2, 0) is 24.2 Å². The smallest absolute Gasteiger partial charge is 0.237 e. The SMILES string of the molecule is NC(N)=NCCC[C@@H](/C=C/S(=O)(=O)c1ccccc1)NC(=O)[C@@H](N)CC(CN=C(N)N)C(=O)N1CCOCC1. The molecule has 1 aliphatic rings. The summed E-state index contributed by atoms with van der Waals surface area (Å²) in [5.41, 5.74) is 27.8. The fraction of sp³-hybridized carbons (Fsp3) is 0.500. The summed E-state index contributed by atoms with van der Waals surface area (Å²) >= 11 is 0. The number of hydrogen-bond acceptors (Lipinski definition) is 8. The molecule has 11 N–H and O–H groups in total. The summed E-state index contributed by atoms with van der Waals surface area (Å²) in [6, 6.07) is 6.11. The maximum Gasteiger partial charge on any atom is 0.237 e. The van der Waals surface area contributed by atoms with Crippen LogP contribution in [0.3, 0.4) is 0 Å². The maximum atomic E-state index is 13.1. The molecule has 1 saturated heterocycles. The summed E-state index contributed by atoms with van der Waals surface area (Å²) in [5, 5.41) is 3.81. The van der Waals surface area contributed by atoms with Gasteiger partial charge in [0.15, 0.2) is 21.8 Å². The van der Waals surface area contributed by atoms with E-state index >= 15 is 0 Å². The van der Waals surface area contributed by atoms with Gasteiger partial charge < -0.3 is 43.6 Å². The van der Waals surface area contributed by atoms with Crippen molar-refractivity contribution < 1.29 is 22.7 Å². The average molecular weight is 566 g/mol. The Labute approximate surface area is 228 Å². The predicted octanol–water partition coefficient (Wildman–Crippen LogP) is -2.02. The summed E-state index contributed by atoms with van der Waals surface area (Å²) in [7, 11) is -3.74. The van der Waals surface area contributed by atoms with E-state index in [4.69, 9.17) is 33.4 Å². The standard InChI is InChI=1S/C24H39N9O5S/c25-20(15-17(16-31-24(28)29)22(35)33-10-12-38-13-11-33)21(34)32-18(5-4-9-30-23(26)27)8-14-39(36,37)19-6-2-1-3-7-19/h1-3,6-8,14,17-18,20H,4-5,9-13,15-16,25H2,(H,32,34)(H4,26,27,30)(H4,28,29,31)/b14-8+/t17?,18-,20-/m0/s1. The fourth-order valence-corrected chi connectivity index (χ4v) is 4.93. The second-order valence-electron chi connectivity index (χ2n) is 8.99. The van der Waals surface area contributed by atoms with Gasteiger partial charge in [-0.3, -0.25) is 19.6 Å². The van der Waals surface area contributed by atoms with Crippen molar-refractivity contribution in [2.45, 2.75) is 36.2 Å². The predicted molar refractivity (Wildman–Crippen MR) is 149 cm³/mol. The van der Waals surface area contributed by atoms with E-state index in [0.717, 1.165) is 5.41 Å². The molecule has 2 rings (SSSR count). The minimum atomic E-state index is -3.74. The third kappa shape index (κ3) is 11.3. The molecule has 216 valence electrons. The number of guanidine groups is 2. The number of ether oxygens (including phenoxy) is 1. The van der Waals surface area contributed by atoms with Crippen molar-refractivity contribution in [2.75, 3.05) is 39.4 Å². The number of aliphatic imine (C=N–C) groups is 2. The summed E-state index contributed by atoms with van der Waals surface area (Å²) in [6.07, 6.45) is 2.15. The number of nitrogens with two attached hydrogens (primary N) is 5. The average Bonchev–Trinajstić information content (AvgIpc) is 2.92. The molecule has 39 heavy (non-hydrogen) atoms. The van der Waals surface area contributed by atoms with Crippen LogP contribution in [0.1, 0.15) is 19.3 Å². The Hall–Kier alpha value is -3.69. The third-order valence-electron chi connectivity index (χ3n) is 5.90. The zero-order valence-electron chi connectivity index (χ0n) is 21.8. The van der Waals surface area contributed by atoms with Gasteiger partial charge in [0.2, 0.25) is 11.8 Å². The van der Waals surface area contributed by atoms with E-state index in [2.05, 4.69) is 15.3 Å². The van der Waals surface area contributed by atoms with Crippen molar-refractivity contribution in [1.29, 1.82) is 0 Å². The minimum absolute atomic E-state index is 0.0223. The summed E-state index contributed by atoms with van der Waals surface area (Å²) in [5.74, 6) is -1.78. The molecule has 0 aromatic heterocycles. The number of rotatable bonds is 14. The van der Waals surface area contributed by atoms with Gasteiger partial charge in [0, 0.05) is 31.1 Å². The van der Waals surface area contributed by atoms with E-state index in [1.54, 1.807) is 23.1 Å². The molecule has 14 nitrogen and oxygen atoms in total. The molecule has 0 bridgehead atoms. The molecular formula is C24H39N9O5S. The van der Waals surface area contributed by atoms with Gasteiger partial charge >= 0.3 is 0 Å². The Morgan fingerprint density at radius 3 is 2.31 bits per heavy atom. The number of carbonyl (C=O) groups excluding carboxylic acids is 2. The van der Waals surface area contributed by atoms with Gasteiger partial charge in [-0.15, -0.1) is 0 Å². The maximum absolute atomic E-state index is 13.1. The molecule has 0 aliphatic carbocycles. The Kier molecular flexibility index (Phi) is 12.7. The van der Waals surface area contributed by atoms with Crippen LogP contribution in [-0.4, -0.2) is 88.5 Å². The molecule has 15 heteroatoms. The lowest BCUT2D eigenvalue weighted by Crippen LogP contribution is -2.49. The number of sulfone groups is 1. The zero-order chi connectivity index (χ0) is 28.8. The Morgan fingerprint density at radius 2 is 1.69 bits per heavy atom. The number of benzene rings is 1. The van der Waals surface area contributed by atoms with Crippen LogP contribution >= 0.6 is 0 Å². The second kappa shape index (κ2) is 15.7. The van der Waals surface area contributed by atoms with Crippen molar-refractivity contribution in [3.8, 4) is 0 Å². The zero-order valence-corrected chi connectivity index (χ0v) is 22.6. The Morgan fingerprint density at radius 1 is 1.05 bits per heavy atom. The van der Waals surface area contributed by atoms with Crippen LogP contribution in [0, 0.1) is 5.92 Å². The van der Waals surface area contributed by atoms with E-state index in [1.165, 1.54) is 18.2 Å². The molecule has 1 unspecified atom stereocenters. The minimum Gasteiger partial charge on any atom is -0.378 e. The van der Waals surface area contributed by atoms with E-state index in [0.29, 0.717) is 39.1 Å². The number of morpholine rings is 1. The van der Waals surface area contributed by atoms with Crippen molar-refractivity contribution >= 4 is 33.6 Å². The first kappa shape index (κ1) is 31.5. The van der Waals surface area contributed by atoms with Crippen LogP contribution in [0.5, 0.6) is 0 Å². The highest BCUT2D eigenvalue weighted by Crippen LogP contribution is 2.15. The summed E-state index contributed by atoms with van der Waals surface area (Å²) in [4.78, 5) is 35.8. The quantitative estimate of drug-likeness (QED) is 0.0820. The van der Waals surface area contributed by atoms with E-state index < -0.39 is 33.7 Å². The Balaban J connectivity index is 2.14. The fourth-order valence-electron chi connectivity index (χ4n) is 3.84. The van der Waals surface area contributed by atoms with Crippen molar-refractivity contribution in [2.24, 2.45) is 44.6 Å². The monoisotopic (exact) mass is 565 g/mol. The molecule has 0 spiro atoms. The van der Waals surface area contributed by atoms with Crippen molar-refractivity contribution in [3.05, 3.63) is 41.8 Å². The number of hydrogen-bond donors (Lipinski definition) is 6. The summed E-state index contributed by atoms with van der Waals surface area (Å²) in [6.45, 7) is 1.90. The van der Waals surface area contributed by atoms with Crippen LogP contribution in [0.25, 0.3) is 0 Å². The molecule has 1 fully saturated rings. The number of nitrogens with one attached hydrogen (secondary N) is 1. The third-order valence-corrected chi connectivity index (χ3v) is 7.34. The summed E-state index contributed by atoms with van der Waals surface area (Å²) < 4.78 is 30.7. The first-order chi connectivity index (χ1) is 18.5. The lowest BCUT2D eigenvalue weighted by Gasteiger charge is -2.31. The van der Waals surface area contributed by atoms with E-state index in [9.17, 15) is 18.0 Å². The van der Waals surface area contributed by atoms with Gasteiger partial charge in [0.1, 0.15) is 0 Å². The van der Waals surface area contributed by atoms with Gasteiger partial charge in [0.25, 0.3) is 0 Å². The Bertz CT molecular complexity index is 1130.